The van der Waals surface area contributed by atoms with Crippen LogP contribution in [-0.2, 0) is 20.9 Å². The highest BCUT2D eigenvalue weighted by atomic mass is 127. The lowest BCUT2D eigenvalue weighted by Crippen LogP contribution is -2.36. The predicted molar refractivity (Wildman–Crippen MR) is 170 cm³/mol. The summed E-state index contributed by atoms with van der Waals surface area (Å²) in [5.74, 6) is -0.926. The molecule has 0 spiro atoms. The molecule has 218 valence electrons. The molecule has 3 aromatic carbocycles. The number of anilines is 1. The monoisotopic (exact) mass is 740 g/mol. The van der Waals surface area contributed by atoms with Crippen LogP contribution in [-0.4, -0.2) is 48.2 Å². The zero-order valence-electron chi connectivity index (χ0n) is 22.2. The summed E-state index contributed by atoms with van der Waals surface area (Å²) < 4.78 is 17.3. The zero-order valence-corrected chi connectivity index (χ0v) is 26.7. The minimum absolute atomic E-state index is 0.0624. The largest absolute Gasteiger partial charge is 0.490 e. The van der Waals surface area contributed by atoms with E-state index in [4.69, 9.17) is 32.7 Å². The quantitative estimate of drug-likeness (QED) is 0.134. The van der Waals surface area contributed by atoms with Crippen LogP contribution in [0.3, 0.4) is 0 Å². The average Bonchev–Trinajstić information content (AvgIpc) is 3.21. The number of carbonyl (C=O) groups excluding carboxylic acids is 4. The van der Waals surface area contributed by atoms with Gasteiger partial charge in [0.1, 0.15) is 13.2 Å². The molecule has 1 saturated heterocycles. The molecule has 1 N–H and O–H groups in total. The van der Waals surface area contributed by atoms with Crippen molar-refractivity contribution in [1.82, 2.24) is 4.90 Å². The van der Waals surface area contributed by atoms with E-state index in [0.717, 1.165) is 25.8 Å². The molecule has 0 unspecified atom stereocenters. The fraction of sp³-hybridized carbons (Fsp3) is 0.172. The van der Waals surface area contributed by atoms with Gasteiger partial charge in [0.15, 0.2) is 11.5 Å². The Kier molecular flexibility index (Phi) is 10.8. The van der Waals surface area contributed by atoms with Crippen LogP contribution in [0.5, 0.6) is 11.5 Å². The van der Waals surface area contributed by atoms with Crippen molar-refractivity contribution in [3.8, 4) is 11.5 Å². The van der Waals surface area contributed by atoms with E-state index in [1.165, 1.54) is 25.3 Å². The van der Waals surface area contributed by atoms with E-state index >= 15 is 0 Å². The molecular formula is C29H23Cl2IN2O7S. The van der Waals surface area contributed by atoms with Crippen molar-refractivity contribution in [2.24, 2.45) is 0 Å². The Morgan fingerprint density at radius 1 is 1.05 bits per heavy atom. The van der Waals surface area contributed by atoms with Crippen LogP contribution < -0.4 is 14.8 Å². The number of thioether (sulfide) groups is 1. The first-order valence-electron chi connectivity index (χ1n) is 12.4. The maximum absolute atomic E-state index is 13.1. The number of nitrogens with one attached hydrogen (secondary N) is 1. The van der Waals surface area contributed by atoms with Gasteiger partial charge in [0.05, 0.1) is 32.8 Å². The number of amides is 3. The standard InChI is InChI=1S/C29H23Cl2IN2O7S/c1-3-40-23-11-16(10-22(32)26(23)41-15-17-6-4-5-7-20(17)30)12-24-27(36)34(29(38)42-24)14-25(35)33-18-8-9-21(31)19(13-18)28(37)39-2/h4-13H,3,14-15H2,1-2H3,(H,33,35)/b24-12+. The lowest BCUT2D eigenvalue weighted by Gasteiger charge is -2.15. The van der Waals surface area contributed by atoms with Gasteiger partial charge in [0.2, 0.25) is 5.91 Å². The van der Waals surface area contributed by atoms with Gasteiger partial charge in [-0.3, -0.25) is 19.3 Å². The first-order chi connectivity index (χ1) is 20.1. The molecule has 4 rings (SSSR count). The summed E-state index contributed by atoms with van der Waals surface area (Å²) >= 11 is 15.1. The molecule has 0 saturated carbocycles. The summed E-state index contributed by atoms with van der Waals surface area (Å²) in [6.45, 7) is 1.93. The second-order valence-electron chi connectivity index (χ2n) is 8.65. The third kappa shape index (κ3) is 7.57. The van der Waals surface area contributed by atoms with E-state index in [2.05, 4.69) is 32.6 Å². The minimum atomic E-state index is -0.672. The number of esters is 1. The number of benzene rings is 3. The van der Waals surface area contributed by atoms with E-state index in [1.807, 2.05) is 25.1 Å². The van der Waals surface area contributed by atoms with Crippen molar-refractivity contribution in [3.63, 3.8) is 0 Å². The number of halogens is 3. The molecule has 0 aromatic heterocycles. The molecule has 0 radical (unpaired) electrons. The Morgan fingerprint density at radius 3 is 2.52 bits per heavy atom. The van der Waals surface area contributed by atoms with Gasteiger partial charge in [-0.25, -0.2) is 4.79 Å². The Morgan fingerprint density at radius 2 is 1.81 bits per heavy atom. The van der Waals surface area contributed by atoms with Crippen molar-refractivity contribution < 1.29 is 33.4 Å². The van der Waals surface area contributed by atoms with Gasteiger partial charge in [0, 0.05) is 16.3 Å². The smallest absolute Gasteiger partial charge is 0.339 e. The van der Waals surface area contributed by atoms with Crippen molar-refractivity contribution in [2.45, 2.75) is 13.5 Å². The molecular weight excluding hydrogens is 718 g/mol. The molecule has 3 amide bonds. The van der Waals surface area contributed by atoms with Crippen molar-refractivity contribution in [2.75, 3.05) is 25.6 Å². The minimum Gasteiger partial charge on any atom is -0.490 e. The Balaban J connectivity index is 1.48. The topological polar surface area (TPSA) is 111 Å². The number of hydrogen-bond acceptors (Lipinski definition) is 8. The van der Waals surface area contributed by atoms with Gasteiger partial charge in [-0.15, -0.1) is 0 Å². The van der Waals surface area contributed by atoms with Gasteiger partial charge in [-0.2, -0.15) is 0 Å². The number of hydrogen-bond donors (Lipinski definition) is 1. The van der Waals surface area contributed by atoms with Crippen LogP contribution in [0.2, 0.25) is 10.0 Å². The normalized spacial score (nSPS) is 13.8. The molecule has 0 aliphatic carbocycles. The van der Waals surface area contributed by atoms with Crippen LogP contribution in [0.1, 0.15) is 28.4 Å². The van der Waals surface area contributed by atoms with Crippen molar-refractivity contribution >= 4 is 92.3 Å². The highest BCUT2D eigenvalue weighted by molar-refractivity contribution is 14.1. The SMILES string of the molecule is CCOc1cc(/C=C2/SC(=O)N(CC(=O)Nc3ccc(Cl)c(C(=O)OC)c3)C2=O)cc(I)c1OCc1ccccc1Cl. The molecule has 1 aliphatic heterocycles. The summed E-state index contributed by atoms with van der Waals surface area (Å²) in [5, 5.41) is 2.71. The van der Waals surface area contributed by atoms with Gasteiger partial charge in [0.25, 0.3) is 11.1 Å². The first-order valence-corrected chi connectivity index (χ1v) is 15.0. The Labute approximate surface area is 269 Å². The van der Waals surface area contributed by atoms with E-state index in [9.17, 15) is 19.2 Å². The first kappa shape index (κ1) is 31.7. The number of ether oxygens (including phenoxy) is 3. The van der Waals surface area contributed by atoms with Crippen molar-refractivity contribution in [3.05, 3.63) is 89.8 Å². The summed E-state index contributed by atoms with van der Waals surface area (Å²) in [4.78, 5) is 51.3. The molecule has 1 heterocycles. The molecule has 42 heavy (non-hydrogen) atoms. The van der Waals surface area contributed by atoms with Crippen LogP contribution >= 0.6 is 57.6 Å². The Bertz CT molecular complexity index is 1600. The lowest BCUT2D eigenvalue weighted by molar-refractivity contribution is -0.127. The average molecular weight is 741 g/mol. The zero-order chi connectivity index (χ0) is 30.4. The van der Waals surface area contributed by atoms with Crippen LogP contribution in [0, 0.1) is 3.57 Å². The summed E-state index contributed by atoms with van der Waals surface area (Å²) in [5.41, 5.74) is 1.74. The maximum Gasteiger partial charge on any atom is 0.339 e. The van der Waals surface area contributed by atoms with E-state index in [-0.39, 0.29) is 27.8 Å². The van der Waals surface area contributed by atoms with E-state index in [0.29, 0.717) is 28.7 Å². The van der Waals surface area contributed by atoms with Crippen LogP contribution in [0.15, 0.2) is 59.5 Å². The summed E-state index contributed by atoms with van der Waals surface area (Å²) in [6.07, 6.45) is 1.56. The second-order valence-corrected chi connectivity index (χ2v) is 11.6. The third-order valence-corrected chi connectivity index (χ3v) is 8.20. The predicted octanol–water partition coefficient (Wildman–Crippen LogP) is 7.04. The second kappa shape index (κ2) is 14.3. The van der Waals surface area contributed by atoms with Crippen molar-refractivity contribution in [1.29, 1.82) is 0 Å². The molecule has 3 aromatic rings. The number of imide groups is 1. The third-order valence-electron chi connectivity index (χ3n) is 5.79. The van der Waals surface area contributed by atoms with Gasteiger partial charge in [-0.05, 0) is 89.3 Å². The number of carbonyl (C=O) groups is 4. The molecule has 9 nitrogen and oxygen atoms in total. The number of nitrogens with zero attached hydrogens (tertiary/aromatic N) is 1. The molecule has 13 heteroatoms. The van der Waals surface area contributed by atoms with E-state index in [1.54, 1.807) is 24.3 Å². The van der Waals surface area contributed by atoms with Crippen LogP contribution in [0.25, 0.3) is 6.08 Å². The fourth-order valence-corrected chi connectivity index (χ4v) is 5.85. The molecule has 0 bridgehead atoms. The highest BCUT2D eigenvalue weighted by Gasteiger charge is 2.36. The maximum atomic E-state index is 13.1. The lowest BCUT2D eigenvalue weighted by atomic mass is 10.1. The van der Waals surface area contributed by atoms with E-state index < -0.39 is 29.6 Å². The summed E-state index contributed by atoms with van der Waals surface area (Å²) in [6, 6.07) is 15.1. The molecule has 1 fully saturated rings. The van der Waals surface area contributed by atoms with Gasteiger partial charge >= 0.3 is 5.97 Å². The number of methoxy groups -OCH3 is 1. The van der Waals surface area contributed by atoms with Gasteiger partial charge in [-0.1, -0.05) is 41.4 Å². The molecule has 0 atom stereocenters. The molecule has 1 aliphatic rings. The van der Waals surface area contributed by atoms with Gasteiger partial charge < -0.3 is 19.5 Å². The fourth-order valence-electron chi connectivity index (χ4n) is 3.84. The Hall–Kier alpha value is -3.26. The summed E-state index contributed by atoms with van der Waals surface area (Å²) in [7, 11) is 1.21. The van der Waals surface area contributed by atoms with Crippen LogP contribution in [0.4, 0.5) is 10.5 Å². The highest BCUT2D eigenvalue weighted by Crippen LogP contribution is 2.38. The number of rotatable bonds is 10.